The van der Waals surface area contributed by atoms with Crippen LogP contribution in [0, 0.1) is 0 Å². The van der Waals surface area contributed by atoms with Crippen LogP contribution in [0.15, 0.2) is 35.2 Å². The molecule has 2 atom stereocenters. The highest BCUT2D eigenvalue weighted by atomic mass is 16.5. The van der Waals surface area contributed by atoms with Crippen LogP contribution in [0.4, 0.5) is 0 Å². The lowest BCUT2D eigenvalue weighted by Crippen LogP contribution is -2.38. The molecule has 5 nitrogen and oxygen atoms in total. The second-order valence-corrected chi connectivity index (χ2v) is 4.95. The molecule has 0 amide bonds. The fraction of sp³-hybridized carbons (Fsp3) is 0.500. The lowest BCUT2D eigenvalue weighted by molar-refractivity contribution is -0.0116. The van der Waals surface area contributed by atoms with Gasteiger partial charge in [0.25, 0.3) is 0 Å². The van der Waals surface area contributed by atoms with Gasteiger partial charge in [0.2, 0.25) is 0 Å². The number of aromatic nitrogens is 2. The molecule has 1 N–H and O–H groups in total. The van der Waals surface area contributed by atoms with E-state index in [1.54, 1.807) is 6.26 Å². The van der Waals surface area contributed by atoms with E-state index in [2.05, 4.69) is 10.4 Å². The Morgan fingerprint density at radius 3 is 3.21 bits per heavy atom. The van der Waals surface area contributed by atoms with Gasteiger partial charge in [0.15, 0.2) is 0 Å². The first-order valence-corrected chi connectivity index (χ1v) is 6.69. The quantitative estimate of drug-likeness (QED) is 0.915. The van der Waals surface area contributed by atoms with Gasteiger partial charge in [0.05, 0.1) is 19.0 Å². The lowest BCUT2D eigenvalue weighted by Gasteiger charge is -2.31. The third-order valence-electron chi connectivity index (χ3n) is 3.49. The van der Waals surface area contributed by atoms with Crippen molar-refractivity contribution in [1.82, 2.24) is 15.1 Å². The molecule has 2 aromatic heterocycles. The normalized spacial score (nSPS) is 23.6. The standard InChI is InChI=1S/C14H19N3O2/c1-17-10-11(8-16-17)14-13(5-3-7-19-14)15-9-12-4-2-6-18-12/h2,4,6,8,10,13-15H,3,5,7,9H2,1H3/t13-,14+/m0/s1. The molecule has 102 valence electrons. The van der Waals surface area contributed by atoms with Crippen LogP contribution >= 0.6 is 0 Å². The van der Waals surface area contributed by atoms with E-state index in [0.29, 0.717) is 6.04 Å². The molecule has 0 radical (unpaired) electrons. The second kappa shape index (κ2) is 5.59. The van der Waals surface area contributed by atoms with Crippen molar-refractivity contribution < 1.29 is 9.15 Å². The minimum atomic E-state index is 0.0809. The summed E-state index contributed by atoms with van der Waals surface area (Å²) in [5, 5.41) is 7.75. The van der Waals surface area contributed by atoms with Crippen molar-refractivity contribution in [3.8, 4) is 0 Å². The molecule has 0 aliphatic carbocycles. The summed E-state index contributed by atoms with van der Waals surface area (Å²) in [6.07, 6.45) is 7.90. The fourth-order valence-corrected chi connectivity index (χ4v) is 2.55. The van der Waals surface area contributed by atoms with Crippen molar-refractivity contribution in [2.75, 3.05) is 6.61 Å². The number of furan rings is 1. The van der Waals surface area contributed by atoms with Crippen molar-refractivity contribution in [2.24, 2.45) is 7.05 Å². The third kappa shape index (κ3) is 2.88. The lowest BCUT2D eigenvalue weighted by atomic mass is 9.98. The second-order valence-electron chi connectivity index (χ2n) is 4.95. The van der Waals surface area contributed by atoms with Crippen LogP contribution in [0.2, 0.25) is 0 Å². The first kappa shape index (κ1) is 12.4. The minimum Gasteiger partial charge on any atom is -0.468 e. The first-order chi connectivity index (χ1) is 9.33. The Labute approximate surface area is 112 Å². The Balaban J connectivity index is 1.67. The number of aryl methyl sites for hydroxylation is 1. The van der Waals surface area contributed by atoms with Gasteiger partial charge in [-0.05, 0) is 25.0 Å². The predicted molar refractivity (Wildman–Crippen MR) is 70.5 cm³/mol. The van der Waals surface area contributed by atoms with Crippen molar-refractivity contribution in [3.63, 3.8) is 0 Å². The summed E-state index contributed by atoms with van der Waals surface area (Å²) in [7, 11) is 1.93. The summed E-state index contributed by atoms with van der Waals surface area (Å²) >= 11 is 0. The average Bonchev–Trinajstić information content (AvgIpc) is 3.08. The molecule has 0 aromatic carbocycles. The van der Waals surface area contributed by atoms with Crippen molar-refractivity contribution in [2.45, 2.75) is 31.5 Å². The Morgan fingerprint density at radius 1 is 1.53 bits per heavy atom. The number of nitrogens with zero attached hydrogens (tertiary/aromatic N) is 2. The molecule has 0 saturated carbocycles. The van der Waals surface area contributed by atoms with Gasteiger partial charge < -0.3 is 14.5 Å². The van der Waals surface area contributed by atoms with E-state index in [4.69, 9.17) is 9.15 Å². The largest absolute Gasteiger partial charge is 0.468 e. The number of rotatable bonds is 4. The smallest absolute Gasteiger partial charge is 0.117 e. The molecule has 0 unspecified atom stereocenters. The van der Waals surface area contributed by atoms with E-state index in [9.17, 15) is 0 Å². The van der Waals surface area contributed by atoms with Gasteiger partial charge >= 0.3 is 0 Å². The zero-order valence-corrected chi connectivity index (χ0v) is 11.1. The molecular formula is C14H19N3O2. The number of nitrogens with one attached hydrogen (secondary N) is 1. The molecule has 0 bridgehead atoms. The zero-order valence-electron chi connectivity index (χ0n) is 11.1. The zero-order chi connectivity index (χ0) is 13.1. The minimum absolute atomic E-state index is 0.0809. The van der Waals surface area contributed by atoms with Crippen molar-refractivity contribution >= 4 is 0 Å². The molecule has 1 saturated heterocycles. The molecule has 19 heavy (non-hydrogen) atoms. The highest BCUT2D eigenvalue weighted by Crippen LogP contribution is 2.28. The average molecular weight is 261 g/mol. The highest BCUT2D eigenvalue weighted by molar-refractivity contribution is 5.12. The summed E-state index contributed by atoms with van der Waals surface area (Å²) in [5.41, 5.74) is 1.14. The van der Waals surface area contributed by atoms with Crippen LogP contribution in [-0.2, 0) is 18.3 Å². The summed E-state index contributed by atoms with van der Waals surface area (Å²) in [4.78, 5) is 0. The SMILES string of the molecule is Cn1cc([C@H]2OCCC[C@@H]2NCc2ccco2)cn1. The van der Waals surface area contributed by atoms with Crippen LogP contribution in [-0.4, -0.2) is 22.4 Å². The highest BCUT2D eigenvalue weighted by Gasteiger charge is 2.28. The molecule has 5 heteroatoms. The third-order valence-corrected chi connectivity index (χ3v) is 3.49. The maximum absolute atomic E-state index is 5.91. The molecular weight excluding hydrogens is 242 g/mol. The molecule has 1 aliphatic heterocycles. The van der Waals surface area contributed by atoms with Crippen LogP contribution in [0.3, 0.4) is 0 Å². The molecule has 3 rings (SSSR count). The Morgan fingerprint density at radius 2 is 2.47 bits per heavy atom. The van der Waals surface area contributed by atoms with E-state index in [-0.39, 0.29) is 6.10 Å². The molecule has 2 aromatic rings. The van der Waals surface area contributed by atoms with Crippen molar-refractivity contribution in [3.05, 3.63) is 42.1 Å². The summed E-state index contributed by atoms with van der Waals surface area (Å²) in [6.45, 7) is 1.55. The van der Waals surface area contributed by atoms with Gasteiger partial charge in [-0.1, -0.05) is 0 Å². The summed E-state index contributed by atoms with van der Waals surface area (Å²) < 4.78 is 13.1. The Hall–Kier alpha value is -1.59. The number of hydrogen-bond acceptors (Lipinski definition) is 4. The van der Waals surface area contributed by atoms with E-state index >= 15 is 0 Å². The van der Waals surface area contributed by atoms with E-state index in [0.717, 1.165) is 37.3 Å². The predicted octanol–water partition coefficient (Wildman–Crippen LogP) is 2.02. The van der Waals surface area contributed by atoms with Gasteiger partial charge in [-0.2, -0.15) is 5.10 Å². The van der Waals surface area contributed by atoms with Crippen LogP contribution in [0.1, 0.15) is 30.3 Å². The number of hydrogen-bond donors (Lipinski definition) is 1. The fourth-order valence-electron chi connectivity index (χ4n) is 2.55. The van der Waals surface area contributed by atoms with Crippen LogP contribution in [0.5, 0.6) is 0 Å². The van der Waals surface area contributed by atoms with Crippen molar-refractivity contribution in [1.29, 1.82) is 0 Å². The van der Waals surface area contributed by atoms with Gasteiger partial charge in [0.1, 0.15) is 11.9 Å². The van der Waals surface area contributed by atoms with Gasteiger partial charge in [-0.3, -0.25) is 4.68 Å². The van der Waals surface area contributed by atoms with E-state index in [1.807, 2.05) is 36.3 Å². The maximum Gasteiger partial charge on any atom is 0.117 e. The van der Waals surface area contributed by atoms with Gasteiger partial charge in [-0.15, -0.1) is 0 Å². The topological polar surface area (TPSA) is 52.2 Å². The molecule has 1 fully saturated rings. The summed E-state index contributed by atoms with van der Waals surface area (Å²) in [5.74, 6) is 0.954. The van der Waals surface area contributed by atoms with Gasteiger partial charge in [-0.25, -0.2) is 0 Å². The van der Waals surface area contributed by atoms with Crippen LogP contribution in [0.25, 0.3) is 0 Å². The molecule has 0 spiro atoms. The Bertz CT molecular complexity index is 507. The van der Waals surface area contributed by atoms with E-state index < -0.39 is 0 Å². The number of ether oxygens (including phenoxy) is 1. The van der Waals surface area contributed by atoms with Gasteiger partial charge in [0, 0.05) is 31.5 Å². The monoisotopic (exact) mass is 261 g/mol. The maximum atomic E-state index is 5.91. The van der Waals surface area contributed by atoms with Crippen LogP contribution < -0.4 is 5.32 Å². The first-order valence-electron chi connectivity index (χ1n) is 6.69. The van der Waals surface area contributed by atoms with E-state index in [1.165, 1.54) is 0 Å². The molecule has 1 aliphatic rings. The summed E-state index contributed by atoms with van der Waals surface area (Å²) in [6, 6.07) is 4.20. The molecule has 3 heterocycles. The Kier molecular flexibility index (Phi) is 3.66.